The van der Waals surface area contributed by atoms with E-state index < -0.39 is 0 Å². The Morgan fingerprint density at radius 2 is 1.86 bits per heavy atom. The zero-order valence-electron chi connectivity index (χ0n) is 7.95. The molecule has 6 N–H and O–H groups in total. The molecule has 0 unspecified atom stereocenters. The third kappa shape index (κ3) is 16.6. The molecule has 0 saturated heterocycles. The van der Waals surface area contributed by atoms with Crippen LogP contribution in [-0.2, 0) is 9.59 Å². The Balaban J connectivity index is 0. The second-order valence-corrected chi connectivity index (χ2v) is 2.03. The van der Waals surface area contributed by atoms with Gasteiger partial charge in [-0.25, -0.2) is 0 Å². The Labute approximate surface area is 83.0 Å². The van der Waals surface area contributed by atoms with Crippen molar-refractivity contribution in [1.29, 1.82) is 0 Å². The maximum absolute atomic E-state index is 10.1. The fourth-order valence-electron chi connectivity index (χ4n) is 0.346. The topological polar surface area (TPSA) is 110 Å². The number of primary amides is 1. The molecule has 0 aliphatic carbocycles. The van der Waals surface area contributed by atoms with Crippen molar-refractivity contribution in [3.8, 4) is 0 Å². The van der Waals surface area contributed by atoms with Gasteiger partial charge in [0.15, 0.2) is 0 Å². The molecule has 0 radical (unpaired) electrons. The van der Waals surface area contributed by atoms with Crippen LogP contribution in [0.1, 0.15) is 0 Å². The van der Waals surface area contributed by atoms with Gasteiger partial charge in [-0.2, -0.15) is 0 Å². The first-order valence-electron chi connectivity index (χ1n) is 3.81. The molecule has 0 bridgehead atoms. The highest BCUT2D eigenvalue weighted by molar-refractivity contribution is 5.78. The molecular weight excluding hydrogens is 184 g/mol. The van der Waals surface area contributed by atoms with Crippen LogP contribution in [0, 0.1) is 0 Å². The molecule has 0 saturated carbocycles. The molecule has 14 heavy (non-hydrogen) atoms. The van der Waals surface area contributed by atoms with Gasteiger partial charge in [0.2, 0.25) is 11.8 Å². The minimum absolute atomic E-state index is 0.0199. The highest BCUT2D eigenvalue weighted by Crippen LogP contribution is 1.55. The normalized spacial score (nSPS) is 7.50. The summed E-state index contributed by atoms with van der Waals surface area (Å²) in [6, 6.07) is 0. The molecule has 0 heterocycles. The highest BCUT2D eigenvalue weighted by atomic mass is 16.2. The number of hydrogen-bond acceptors (Lipinski definition) is 4. The molecule has 0 aromatic rings. The lowest BCUT2D eigenvalue weighted by Crippen LogP contribution is -2.25. The largest absolute Gasteiger partial charge is 0.383 e. The summed E-state index contributed by atoms with van der Waals surface area (Å²) in [6.45, 7) is 6.76. The number of carbonyl (C=O) groups excluding carboxylic acids is 2. The molecule has 0 rings (SSSR count). The van der Waals surface area contributed by atoms with E-state index in [9.17, 15) is 9.59 Å². The van der Waals surface area contributed by atoms with Gasteiger partial charge in [0, 0.05) is 0 Å². The van der Waals surface area contributed by atoms with E-state index in [0.29, 0.717) is 0 Å². The number of amides is 2. The molecule has 80 valence electrons. The van der Waals surface area contributed by atoms with Gasteiger partial charge in [0.05, 0.1) is 13.1 Å². The van der Waals surface area contributed by atoms with E-state index in [0.717, 1.165) is 0 Å². The van der Waals surface area contributed by atoms with Crippen molar-refractivity contribution >= 4 is 11.8 Å². The predicted molar refractivity (Wildman–Crippen MR) is 54.8 cm³/mol. The monoisotopic (exact) mass is 200 g/mol. The van der Waals surface area contributed by atoms with Gasteiger partial charge in [0.25, 0.3) is 0 Å². The van der Waals surface area contributed by atoms with Gasteiger partial charge in [-0.3, -0.25) is 9.59 Å². The van der Waals surface area contributed by atoms with Crippen molar-refractivity contribution < 1.29 is 9.59 Å². The maximum Gasteiger partial charge on any atom is 0.237 e. The molecule has 6 heteroatoms. The summed E-state index contributed by atoms with van der Waals surface area (Å²) in [7, 11) is 0. The predicted octanol–water partition coefficient (Wildman–Crippen LogP) is -1.59. The van der Waals surface area contributed by atoms with Crippen molar-refractivity contribution in [2.45, 2.75) is 0 Å². The third-order valence-electron chi connectivity index (χ3n) is 0.869. The van der Waals surface area contributed by atoms with Gasteiger partial charge in [-0.1, -0.05) is 13.2 Å². The summed E-state index contributed by atoms with van der Waals surface area (Å²) in [5.41, 5.74) is 9.63. The Bertz CT molecular complexity index is 204. The molecule has 0 aromatic heterocycles. The summed E-state index contributed by atoms with van der Waals surface area (Å²) in [6.07, 6.45) is 2.72. The van der Waals surface area contributed by atoms with Gasteiger partial charge in [-0.05, 0) is 12.4 Å². The summed E-state index contributed by atoms with van der Waals surface area (Å²) in [5.74, 6) is -0.588. The van der Waals surface area contributed by atoms with Crippen LogP contribution in [0.4, 0.5) is 0 Å². The zero-order chi connectivity index (χ0) is 11.4. The first-order valence-corrected chi connectivity index (χ1v) is 3.81. The lowest BCUT2D eigenvalue weighted by Gasteiger charge is -1.89. The van der Waals surface area contributed by atoms with Crippen LogP contribution in [0.3, 0.4) is 0 Å². The van der Waals surface area contributed by atoms with Crippen LogP contribution < -0.4 is 22.1 Å². The number of rotatable bonds is 5. The van der Waals surface area contributed by atoms with E-state index >= 15 is 0 Å². The van der Waals surface area contributed by atoms with Crippen molar-refractivity contribution in [3.05, 3.63) is 25.6 Å². The second kappa shape index (κ2) is 11.2. The SMILES string of the molecule is C=CNC(=O)CN.C=CNCC(N)=O. The fraction of sp³-hybridized carbons (Fsp3) is 0.250. The average molecular weight is 200 g/mol. The van der Waals surface area contributed by atoms with Crippen LogP contribution in [0.25, 0.3) is 0 Å². The Kier molecular flexibility index (Phi) is 11.7. The minimum Gasteiger partial charge on any atom is -0.383 e. The number of nitrogens with one attached hydrogen (secondary N) is 2. The van der Waals surface area contributed by atoms with Crippen molar-refractivity contribution in [2.75, 3.05) is 13.1 Å². The Morgan fingerprint density at radius 3 is 2.00 bits per heavy atom. The van der Waals surface area contributed by atoms with E-state index in [1.165, 1.54) is 12.4 Å². The smallest absolute Gasteiger partial charge is 0.237 e. The number of nitrogens with two attached hydrogens (primary N) is 2. The van der Waals surface area contributed by atoms with E-state index in [-0.39, 0.29) is 24.9 Å². The van der Waals surface area contributed by atoms with Gasteiger partial charge in [0.1, 0.15) is 0 Å². The standard InChI is InChI=1S/2C4H8N2O/c1-2-6-3-4(5)7;1-2-6-4(7)3-5/h2,6H,1,3H2,(H2,5,7);2H,1,3,5H2,(H,6,7). The van der Waals surface area contributed by atoms with Gasteiger partial charge >= 0.3 is 0 Å². The van der Waals surface area contributed by atoms with E-state index in [4.69, 9.17) is 11.5 Å². The molecule has 0 spiro atoms. The lowest BCUT2D eigenvalue weighted by atomic mass is 10.6. The van der Waals surface area contributed by atoms with Crippen LogP contribution in [-0.4, -0.2) is 24.9 Å². The van der Waals surface area contributed by atoms with E-state index in [2.05, 4.69) is 23.8 Å². The van der Waals surface area contributed by atoms with E-state index in [1.807, 2.05) is 0 Å². The van der Waals surface area contributed by atoms with Crippen molar-refractivity contribution in [1.82, 2.24) is 10.6 Å². The summed E-state index contributed by atoms with van der Waals surface area (Å²) >= 11 is 0. The molecule has 0 fully saturated rings. The molecule has 0 aliphatic heterocycles. The molecule has 2 amide bonds. The lowest BCUT2D eigenvalue weighted by molar-refractivity contribution is -0.119. The van der Waals surface area contributed by atoms with Gasteiger partial charge < -0.3 is 22.1 Å². The highest BCUT2D eigenvalue weighted by Gasteiger charge is 1.86. The van der Waals surface area contributed by atoms with Crippen molar-refractivity contribution in [2.24, 2.45) is 11.5 Å². The van der Waals surface area contributed by atoms with Crippen molar-refractivity contribution in [3.63, 3.8) is 0 Å². The maximum atomic E-state index is 10.1. The number of carbonyl (C=O) groups is 2. The Hall–Kier alpha value is -1.82. The van der Waals surface area contributed by atoms with Crippen LogP contribution in [0.5, 0.6) is 0 Å². The molecule has 0 aromatic carbocycles. The zero-order valence-corrected chi connectivity index (χ0v) is 7.95. The molecule has 0 atom stereocenters. The Morgan fingerprint density at radius 1 is 1.29 bits per heavy atom. The minimum atomic E-state index is -0.375. The fourth-order valence-corrected chi connectivity index (χ4v) is 0.346. The average Bonchev–Trinajstić information content (AvgIpc) is 2.16. The van der Waals surface area contributed by atoms with E-state index in [1.54, 1.807) is 0 Å². The second-order valence-electron chi connectivity index (χ2n) is 2.03. The van der Waals surface area contributed by atoms with Gasteiger partial charge in [-0.15, -0.1) is 0 Å². The van der Waals surface area contributed by atoms with Crippen LogP contribution in [0.2, 0.25) is 0 Å². The first kappa shape index (κ1) is 14.7. The summed E-state index contributed by atoms with van der Waals surface area (Å²) < 4.78 is 0. The quantitative estimate of drug-likeness (QED) is 0.429. The van der Waals surface area contributed by atoms with Crippen LogP contribution >= 0.6 is 0 Å². The summed E-state index contributed by atoms with van der Waals surface area (Å²) in [5, 5.41) is 4.83. The molecule has 0 aliphatic rings. The van der Waals surface area contributed by atoms with Crippen LogP contribution in [0.15, 0.2) is 25.6 Å². The summed E-state index contributed by atoms with van der Waals surface area (Å²) in [4.78, 5) is 20.0. The molecular formula is C8H16N4O2. The third-order valence-corrected chi connectivity index (χ3v) is 0.869. The molecule has 6 nitrogen and oxygen atoms in total. The first-order chi connectivity index (χ1) is 6.58. The number of hydrogen-bond donors (Lipinski definition) is 4.